The quantitative estimate of drug-likeness (QED) is 0.696. The van der Waals surface area contributed by atoms with Crippen LogP contribution in [0.15, 0.2) is 57.9 Å². The highest BCUT2D eigenvalue weighted by Crippen LogP contribution is 2.31. The monoisotopic (exact) mass is 390 g/mol. The van der Waals surface area contributed by atoms with Crippen LogP contribution in [0, 0.1) is 0 Å². The Kier molecular flexibility index (Phi) is 4.92. The second kappa shape index (κ2) is 7.54. The van der Waals surface area contributed by atoms with Gasteiger partial charge in [-0.15, -0.1) is 0 Å². The fourth-order valence-corrected chi connectivity index (χ4v) is 3.67. The molecule has 1 aromatic carbocycles. The Morgan fingerprint density at radius 3 is 2.55 bits per heavy atom. The number of aromatic amines is 1. The minimum absolute atomic E-state index is 0.0681. The highest BCUT2D eigenvalue weighted by molar-refractivity contribution is 6.06. The molecular weight excluding hydrogens is 368 g/mol. The lowest BCUT2D eigenvalue weighted by Crippen LogP contribution is -2.29. The molecule has 1 aliphatic carbocycles. The van der Waals surface area contributed by atoms with E-state index in [2.05, 4.69) is 24.1 Å². The third kappa shape index (κ3) is 3.78. The number of hydrogen-bond acceptors (Lipinski definition) is 4. The van der Waals surface area contributed by atoms with Gasteiger partial charge in [0.15, 0.2) is 5.78 Å². The molecule has 2 heterocycles. The van der Waals surface area contributed by atoms with Crippen LogP contribution < -0.4 is 10.9 Å². The summed E-state index contributed by atoms with van der Waals surface area (Å²) in [5.74, 6) is 0.349. The number of furan rings is 1. The van der Waals surface area contributed by atoms with Gasteiger partial charge in [0.05, 0.1) is 6.26 Å². The van der Waals surface area contributed by atoms with Gasteiger partial charge in [-0.05, 0) is 48.2 Å². The molecule has 1 atom stereocenters. The van der Waals surface area contributed by atoms with Gasteiger partial charge in [-0.25, -0.2) is 0 Å². The minimum Gasteiger partial charge on any atom is -0.469 e. The van der Waals surface area contributed by atoms with Crippen LogP contribution in [0.4, 0.5) is 5.69 Å². The molecule has 6 heteroatoms. The fraction of sp³-hybridized carbons (Fsp3) is 0.261. The molecule has 1 unspecified atom stereocenters. The van der Waals surface area contributed by atoms with Gasteiger partial charge in [-0.1, -0.05) is 26.0 Å². The van der Waals surface area contributed by atoms with Gasteiger partial charge in [0, 0.05) is 29.3 Å². The number of amides is 1. The Morgan fingerprint density at radius 1 is 1.14 bits per heavy atom. The standard InChI is InChI=1S/C23H22N2O4/c1-13(2)14-5-7-16(8-6-14)24-22(27)18-12-17-19(25-23(18)28)10-15(11-20(17)26)21-4-3-9-29-21/h3-9,12-13,15H,10-11H2,1-2H3,(H,24,27)(H,25,28). The number of carbonyl (C=O) groups excluding carboxylic acids is 2. The van der Waals surface area contributed by atoms with Gasteiger partial charge < -0.3 is 14.7 Å². The second-order valence-corrected chi connectivity index (χ2v) is 7.68. The zero-order valence-corrected chi connectivity index (χ0v) is 16.3. The van der Waals surface area contributed by atoms with Crippen LogP contribution in [0.1, 0.15) is 69.8 Å². The SMILES string of the molecule is CC(C)c1ccc(NC(=O)c2cc3c([nH]c2=O)CC(c2ccco2)CC3=O)cc1. The Balaban J connectivity index is 1.58. The predicted molar refractivity (Wildman–Crippen MR) is 110 cm³/mol. The molecule has 0 fully saturated rings. The average molecular weight is 390 g/mol. The number of anilines is 1. The van der Waals surface area contributed by atoms with Gasteiger partial charge in [0.1, 0.15) is 11.3 Å². The van der Waals surface area contributed by atoms with E-state index < -0.39 is 11.5 Å². The van der Waals surface area contributed by atoms with Gasteiger partial charge >= 0.3 is 0 Å². The van der Waals surface area contributed by atoms with Gasteiger partial charge in [0.2, 0.25) is 0 Å². The Morgan fingerprint density at radius 2 is 1.90 bits per heavy atom. The Labute approximate surface area is 168 Å². The van der Waals surface area contributed by atoms with Crippen molar-refractivity contribution in [2.75, 3.05) is 5.32 Å². The molecule has 0 spiro atoms. The minimum atomic E-state index is -0.535. The molecular formula is C23H22N2O4. The van der Waals surface area contributed by atoms with Crippen LogP contribution in [-0.4, -0.2) is 16.7 Å². The lowest BCUT2D eigenvalue weighted by atomic mass is 9.84. The zero-order chi connectivity index (χ0) is 20.5. The van der Waals surface area contributed by atoms with Crippen molar-refractivity contribution in [1.29, 1.82) is 0 Å². The number of carbonyl (C=O) groups is 2. The number of fused-ring (bicyclic) bond motifs is 1. The maximum absolute atomic E-state index is 12.6. The van der Waals surface area contributed by atoms with E-state index in [1.165, 1.54) is 6.07 Å². The number of benzene rings is 1. The van der Waals surface area contributed by atoms with E-state index in [9.17, 15) is 14.4 Å². The summed E-state index contributed by atoms with van der Waals surface area (Å²) < 4.78 is 5.41. The molecule has 2 N–H and O–H groups in total. The number of hydrogen-bond donors (Lipinski definition) is 2. The lowest BCUT2D eigenvalue weighted by molar-refractivity contribution is 0.0959. The smallest absolute Gasteiger partial charge is 0.261 e. The van der Waals surface area contributed by atoms with Gasteiger partial charge in [-0.2, -0.15) is 0 Å². The maximum atomic E-state index is 12.6. The first-order chi connectivity index (χ1) is 13.9. The van der Waals surface area contributed by atoms with Crippen LogP contribution in [0.3, 0.4) is 0 Å². The first-order valence-electron chi connectivity index (χ1n) is 9.66. The van der Waals surface area contributed by atoms with E-state index in [1.807, 2.05) is 18.2 Å². The molecule has 0 radical (unpaired) electrons. The van der Waals surface area contributed by atoms with Gasteiger partial charge in [-0.3, -0.25) is 14.4 Å². The molecule has 2 aromatic heterocycles. The number of rotatable bonds is 4. The van der Waals surface area contributed by atoms with E-state index in [0.29, 0.717) is 29.3 Å². The maximum Gasteiger partial charge on any atom is 0.261 e. The molecule has 6 nitrogen and oxygen atoms in total. The van der Waals surface area contributed by atoms with Crippen molar-refractivity contribution in [2.45, 2.75) is 38.5 Å². The summed E-state index contributed by atoms with van der Waals surface area (Å²) in [6.45, 7) is 4.18. The molecule has 1 amide bonds. The third-order valence-electron chi connectivity index (χ3n) is 5.33. The number of ketones is 1. The van der Waals surface area contributed by atoms with E-state index in [4.69, 9.17) is 4.42 Å². The summed E-state index contributed by atoms with van der Waals surface area (Å²) in [7, 11) is 0. The fourth-order valence-electron chi connectivity index (χ4n) is 3.67. The van der Waals surface area contributed by atoms with Crippen molar-refractivity contribution < 1.29 is 14.0 Å². The number of Topliss-reactive ketones (excluding diaryl/α,β-unsaturated/α-hetero) is 1. The van der Waals surface area contributed by atoms with E-state index in [0.717, 1.165) is 11.3 Å². The van der Waals surface area contributed by atoms with Crippen molar-refractivity contribution in [3.05, 3.63) is 87.2 Å². The second-order valence-electron chi connectivity index (χ2n) is 7.68. The van der Waals surface area contributed by atoms with E-state index in [1.54, 1.807) is 24.5 Å². The molecule has 0 aliphatic heterocycles. The summed E-state index contributed by atoms with van der Waals surface area (Å²) in [6.07, 6.45) is 2.34. The van der Waals surface area contributed by atoms with Crippen LogP contribution in [0.25, 0.3) is 0 Å². The summed E-state index contributed by atoms with van der Waals surface area (Å²) in [6, 6.07) is 12.5. The number of H-pyrrole nitrogens is 1. The normalized spacial score (nSPS) is 16.0. The van der Waals surface area contributed by atoms with Crippen LogP contribution in [-0.2, 0) is 6.42 Å². The molecule has 0 saturated carbocycles. The van der Waals surface area contributed by atoms with Crippen LogP contribution >= 0.6 is 0 Å². The first-order valence-corrected chi connectivity index (χ1v) is 9.66. The molecule has 0 saturated heterocycles. The molecule has 4 rings (SSSR count). The average Bonchev–Trinajstić information content (AvgIpc) is 3.22. The lowest BCUT2D eigenvalue weighted by Gasteiger charge is -2.22. The summed E-state index contributed by atoms with van der Waals surface area (Å²) in [4.78, 5) is 40.5. The molecule has 3 aromatic rings. The topological polar surface area (TPSA) is 92.2 Å². The van der Waals surface area contributed by atoms with Crippen molar-refractivity contribution in [3.63, 3.8) is 0 Å². The zero-order valence-electron chi connectivity index (χ0n) is 16.3. The van der Waals surface area contributed by atoms with Crippen molar-refractivity contribution in [1.82, 2.24) is 4.98 Å². The van der Waals surface area contributed by atoms with Crippen molar-refractivity contribution in [2.24, 2.45) is 0 Å². The van der Waals surface area contributed by atoms with Crippen molar-refractivity contribution >= 4 is 17.4 Å². The largest absolute Gasteiger partial charge is 0.469 e. The first kappa shape index (κ1) is 18.9. The Bertz CT molecular complexity index is 1110. The number of aromatic nitrogens is 1. The van der Waals surface area contributed by atoms with Crippen LogP contribution in [0.2, 0.25) is 0 Å². The number of nitrogens with one attached hydrogen (secondary N) is 2. The highest BCUT2D eigenvalue weighted by Gasteiger charge is 2.30. The third-order valence-corrected chi connectivity index (χ3v) is 5.33. The van der Waals surface area contributed by atoms with E-state index >= 15 is 0 Å². The van der Waals surface area contributed by atoms with Crippen LogP contribution in [0.5, 0.6) is 0 Å². The molecule has 148 valence electrons. The van der Waals surface area contributed by atoms with Crippen molar-refractivity contribution in [3.8, 4) is 0 Å². The predicted octanol–water partition coefficient (Wildman–Crippen LogP) is 4.26. The highest BCUT2D eigenvalue weighted by atomic mass is 16.3. The van der Waals surface area contributed by atoms with E-state index in [-0.39, 0.29) is 23.7 Å². The Hall–Kier alpha value is -3.41. The summed E-state index contributed by atoms with van der Waals surface area (Å²) in [5, 5.41) is 2.73. The summed E-state index contributed by atoms with van der Waals surface area (Å²) in [5.41, 5.74) is 2.12. The molecule has 29 heavy (non-hydrogen) atoms. The number of pyridine rings is 1. The van der Waals surface area contributed by atoms with Gasteiger partial charge in [0.25, 0.3) is 11.5 Å². The molecule has 1 aliphatic rings. The summed E-state index contributed by atoms with van der Waals surface area (Å²) >= 11 is 0. The molecule has 0 bridgehead atoms.